The van der Waals surface area contributed by atoms with Crippen molar-refractivity contribution in [3.05, 3.63) is 83.2 Å². The van der Waals surface area contributed by atoms with Crippen LogP contribution < -0.4 is 10.2 Å². The predicted molar refractivity (Wildman–Crippen MR) is 109 cm³/mol. The van der Waals surface area contributed by atoms with Gasteiger partial charge in [0.05, 0.1) is 24.0 Å². The Morgan fingerprint density at radius 1 is 1.10 bits per heavy atom. The second-order valence-corrected chi connectivity index (χ2v) is 6.91. The van der Waals surface area contributed by atoms with Crippen molar-refractivity contribution >= 4 is 17.7 Å². The Balaban J connectivity index is 1.41. The number of nitrogens with one attached hydrogen (secondary N) is 1. The highest BCUT2D eigenvalue weighted by atomic mass is 16.6. The van der Waals surface area contributed by atoms with Gasteiger partial charge in [0.1, 0.15) is 6.61 Å². The van der Waals surface area contributed by atoms with Crippen LogP contribution in [0.15, 0.2) is 60.8 Å². The van der Waals surface area contributed by atoms with E-state index in [1.54, 1.807) is 15.8 Å². The number of aromatic nitrogens is 2. The predicted octanol–water partition coefficient (Wildman–Crippen LogP) is 2.90. The molecule has 1 N–H and O–H groups in total. The zero-order valence-electron chi connectivity index (χ0n) is 16.2. The maximum Gasteiger partial charge on any atom is 0.414 e. The van der Waals surface area contributed by atoms with Gasteiger partial charge in [0.15, 0.2) is 0 Å². The monoisotopic (exact) mass is 390 g/mol. The first-order valence-electron chi connectivity index (χ1n) is 9.48. The van der Waals surface area contributed by atoms with Crippen molar-refractivity contribution in [3.8, 4) is 0 Å². The minimum Gasteiger partial charge on any atom is -0.447 e. The second-order valence-electron chi connectivity index (χ2n) is 6.91. The number of nitrogens with zero attached hydrogens (tertiary/aromatic N) is 3. The van der Waals surface area contributed by atoms with Crippen molar-refractivity contribution in [1.82, 2.24) is 15.1 Å². The molecule has 2 aromatic carbocycles. The maximum atomic E-state index is 12.7. The number of hydrogen-bond acceptors (Lipinski definition) is 4. The third-order valence-electron chi connectivity index (χ3n) is 4.98. The van der Waals surface area contributed by atoms with E-state index < -0.39 is 0 Å². The summed E-state index contributed by atoms with van der Waals surface area (Å²) in [5.74, 6) is -0.156. The van der Waals surface area contributed by atoms with Gasteiger partial charge >= 0.3 is 6.09 Å². The highest BCUT2D eigenvalue weighted by Gasteiger charge is 2.23. The number of hydrogen-bond donors (Lipinski definition) is 1. The molecule has 0 saturated carbocycles. The number of rotatable bonds is 6. The molecule has 7 heteroatoms. The van der Waals surface area contributed by atoms with E-state index in [0.29, 0.717) is 31.7 Å². The van der Waals surface area contributed by atoms with Crippen LogP contribution in [0.25, 0.3) is 0 Å². The van der Waals surface area contributed by atoms with Gasteiger partial charge in [-0.25, -0.2) is 4.79 Å². The van der Waals surface area contributed by atoms with Crippen LogP contribution in [-0.2, 0) is 24.8 Å². The minimum atomic E-state index is -0.325. The van der Waals surface area contributed by atoms with Crippen LogP contribution in [0.2, 0.25) is 0 Å². The topological polar surface area (TPSA) is 76.5 Å². The van der Waals surface area contributed by atoms with Crippen molar-refractivity contribution < 1.29 is 14.3 Å². The first-order valence-corrected chi connectivity index (χ1v) is 9.48. The lowest BCUT2D eigenvalue weighted by Crippen LogP contribution is -2.24. The van der Waals surface area contributed by atoms with Crippen LogP contribution in [0.3, 0.4) is 0 Å². The highest BCUT2D eigenvalue weighted by molar-refractivity contribution is 5.95. The van der Waals surface area contributed by atoms with Crippen molar-refractivity contribution in [1.29, 1.82) is 0 Å². The molecule has 1 saturated heterocycles. The van der Waals surface area contributed by atoms with Crippen LogP contribution in [0, 0.1) is 0 Å². The van der Waals surface area contributed by atoms with Gasteiger partial charge in [-0.2, -0.15) is 5.10 Å². The summed E-state index contributed by atoms with van der Waals surface area (Å²) in [4.78, 5) is 26.0. The Morgan fingerprint density at radius 3 is 2.55 bits per heavy atom. The van der Waals surface area contributed by atoms with Gasteiger partial charge < -0.3 is 10.1 Å². The van der Waals surface area contributed by atoms with Gasteiger partial charge in [-0.15, -0.1) is 0 Å². The van der Waals surface area contributed by atoms with E-state index in [1.807, 2.05) is 61.6 Å². The summed E-state index contributed by atoms with van der Waals surface area (Å²) in [6.07, 6.45) is 1.92. The molecule has 0 radical (unpaired) electrons. The Morgan fingerprint density at radius 2 is 1.86 bits per heavy atom. The maximum absolute atomic E-state index is 12.7. The van der Waals surface area contributed by atoms with E-state index >= 15 is 0 Å². The largest absolute Gasteiger partial charge is 0.447 e. The summed E-state index contributed by atoms with van der Waals surface area (Å²) in [5, 5.41) is 7.21. The Labute approximate surface area is 168 Å². The summed E-state index contributed by atoms with van der Waals surface area (Å²) < 4.78 is 6.70. The van der Waals surface area contributed by atoms with Gasteiger partial charge in [0, 0.05) is 25.7 Å². The molecule has 29 heavy (non-hydrogen) atoms. The zero-order chi connectivity index (χ0) is 20.2. The SMILES string of the molecule is Cn1ncc(C(=O)NCc2ccc(N3CCOC3=O)cc2)c1Cc1ccccc1. The van der Waals surface area contributed by atoms with E-state index in [-0.39, 0.29) is 12.0 Å². The molecule has 148 valence electrons. The molecule has 0 aliphatic carbocycles. The Bertz CT molecular complexity index is 1010. The highest BCUT2D eigenvalue weighted by Crippen LogP contribution is 2.19. The third kappa shape index (κ3) is 4.13. The molecular weight excluding hydrogens is 368 g/mol. The molecule has 1 aromatic heterocycles. The normalized spacial score (nSPS) is 13.4. The second kappa shape index (κ2) is 8.18. The summed E-state index contributed by atoms with van der Waals surface area (Å²) in [6, 6.07) is 17.5. The van der Waals surface area contributed by atoms with Gasteiger partial charge in [-0.1, -0.05) is 42.5 Å². The van der Waals surface area contributed by atoms with E-state index in [9.17, 15) is 9.59 Å². The smallest absolute Gasteiger partial charge is 0.414 e. The molecule has 0 spiro atoms. The van der Waals surface area contributed by atoms with Crippen molar-refractivity contribution in [3.63, 3.8) is 0 Å². The van der Waals surface area contributed by atoms with Crippen LogP contribution in [0.1, 0.15) is 27.2 Å². The Kier molecular flexibility index (Phi) is 5.29. The summed E-state index contributed by atoms with van der Waals surface area (Å²) >= 11 is 0. The molecule has 3 aromatic rings. The van der Waals surface area contributed by atoms with Gasteiger partial charge in [-0.05, 0) is 23.3 Å². The number of anilines is 1. The average molecular weight is 390 g/mol. The number of aryl methyl sites for hydroxylation is 1. The fraction of sp³-hybridized carbons (Fsp3) is 0.227. The number of ether oxygens (including phenoxy) is 1. The van der Waals surface area contributed by atoms with Crippen LogP contribution in [0.5, 0.6) is 0 Å². The number of cyclic esters (lactones) is 1. The number of benzene rings is 2. The van der Waals surface area contributed by atoms with Gasteiger partial charge in [0.25, 0.3) is 5.91 Å². The van der Waals surface area contributed by atoms with Crippen molar-refractivity contribution in [2.75, 3.05) is 18.1 Å². The molecule has 2 heterocycles. The van der Waals surface area contributed by atoms with Crippen LogP contribution >= 0.6 is 0 Å². The summed E-state index contributed by atoms with van der Waals surface area (Å²) in [6.45, 7) is 1.36. The molecule has 0 atom stereocenters. The lowest BCUT2D eigenvalue weighted by molar-refractivity contribution is 0.0950. The molecule has 4 rings (SSSR count). The number of amides is 2. The van der Waals surface area contributed by atoms with Gasteiger partial charge in [0.2, 0.25) is 0 Å². The molecule has 2 amide bonds. The molecule has 0 bridgehead atoms. The van der Waals surface area contributed by atoms with Crippen LogP contribution in [0.4, 0.5) is 10.5 Å². The summed E-state index contributed by atoms with van der Waals surface area (Å²) in [7, 11) is 1.84. The average Bonchev–Trinajstić information content (AvgIpc) is 3.33. The minimum absolute atomic E-state index is 0.156. The lowest BCUT2D eigenvalue weighted by Gasteiger charge is -2.13. The van der Waals surface area contributed by atoms with Crippen LogP contribution in [-0.4, -0.2) is 34.9 Å². The van der Waals surface area contributed by atoms with Crippen molar-refractivity contribution in [2.45, 2.75) is 13.0 Å². The lowest BCUT2D eigenvalue weighted by atomic mass is 10.1. The third-order valence-corrected chi connectivity index (χ3v) is 4.98. The Hall–Kier alpha value is -3.61. The van der Waals surface area contributed by atoms with E-state index in [4.69, 9.17) is 4.74 Å². The summed E-state index contributed by atoms with van der Waals surface area (Å²) in [5.41, 5.74) is 4.31. The first kappa shape index (κ1) is 18.7. The number of carbonyl (C=O) groups excluding carboxylic acids is 2. The van der Waals surface area contributed by atoms with E-state index in [0.717, 1.165) is 22.5 Å². The fourth-order valence-corrected chi connectivity index (χ4v) is 3.35. The fourth-order valence-electron chi connectivity index (χ4n) is 3.35. The van der Waals surface area contributed by atoms with Crippen molar-refractivity contribution in [2.24, 2.45) is 7.05 Å². The molecule has 1 fully saturated rings. The van der Waals surface area contributed by atoms with E-state index in [1.165, 1.54) is 0 Å². The van der Waals surface area contributed by atoms with Gasteiger partial charge in [-0.3, -0.25) is 14.4 Å². The number of carbonyl (C=O) groups is 2. The molecule has 0 unspecified atom stereocenters. The molecular formula is C22H22N4O3. The quantitative estimate of drug-likeness (QED) is 0.702. The molecule has 1 aliphatic heterocycles. The standard InChI is InChI=1S/C22H22N4O3/c1-25-20(13-16-5-3-2-4-6-16)19(15-24-25)21(27)23-14-17-7-9-18(10-8-17)26-11-12-29-22(26)28/h2-10,15H,11-14H2,1H3,(H,23,27). The first-order chi connectivity index (χ1) is 14.1. The van der Waals surface area contributed by atoms with E-state index in [2.05, 4.69) is 10.4 Å². The molecule has 7 nitrogen and oxygen atoms in total. The molecule has 1 aliphatic rings. The zero-order valence-corrected chi connectivity index (χ0v) is 16.2.